The predicted molar refractivity (Wildman–Crippen MR) is 103 cm³/mol. The van der Waals surface area contributed by atoms with Gasteiger partial charge in [0, 0.05) is 29.1 Å². The first-order valence-corrected chi connectivity index (χ1v) is 8.95. The van der Waals surface area contributed by atoms with E-state index in [1.54, 1.807) is 66.6 Å². The lowest BCUT2D eigenvalue weighted by molar-refractivity contribution is 0.0841. The van der Waals surface area contributed by atoms with Gasteiger partial charge in [-0.2, -0.15) is 0 Å². The van der Waals surface area contributed by atoms with Crippen LogP contribution in [0, 0.1) is 19.7 Å². The largest absolute Gasteiger partial charge is 0.345 e. The van der Waals surface area contributed by atoms with Crippen molar-refractivity contribution in [3.8, 4) is 5.69 Å². The number of halogens is 2. The zero-order chi connectivity index (χ0) is 19.7. The summed E-state index contributed by atoms with van der Waals surface area (Å²) in [5, 5.41) is 0. The highest BCUT2D eigenvalue weighted by Gasteiger charge is 2.19. The van der Waals surface area contributed by atoms with E-state index in [-0.39, 0.29) is 5.82 Å². The fourth-order valence-corrected chi connectivity index (χ4v) is 3.52. The maximum atomic E-state index is 14.1. The Morgan fingerprint density at radius 1 is 1.07 bits per heavy atom. The molecule has 0 radical (unpaired) electrons. The number of nitrogens with zero attached hydrogens (tertiary/aromatic N) is 2. The van der Waals surface area contributed by atoms with Gasteiger partial charge < -0.3 is 9.13 Å². The van der Waals surface area contributed by atoms with Gasteiger partial charge in [-0.3, -0.25) is 20.4 Å². The molecule has 0 bridgehead atoms. The summed E-state index contributed by atoms with van der Waals surface area (Å²) in [5.74, 6) is -1.30. The molecule has 1 aromatic carbocycles. The van der Waals surface area contributed by atoms with Crippen LogP contribution in [-0.4, -0.2) is 20.9 Å². The average Bonchev–Trinajstić information content (AvgIpc) is 3.11. The first-order chi connectivity index (χ1) is 12.8. The number of para-hydroxylation sites is 1. The smallest absolute Gasteiger partial charge is 0.286 e. The van der Waals surface area contributed by atoms with E-state index >= 15 is 0 Å². The Labute approximate surface area is 164 Å². The molecule has 0 saturated heterocycles. The molecule has 0 aliphatic heterocycles. The normalized spacial score (nSPS) is 10.7. The second-order valence-electron chi connectivity index (χ2n) is 6.13. The maximum absolute atomic E-state index is 14.1. The van der Waals surface area contributed by atoms with Crippen molar-refractivity contribution in [2.75, 3.05) is 0 Å². The molecule has 0 atom stereocenters. The molecule has 0 saturated carbocycles. The van der Waals surface area contributed by atoms with Gasteiger partial charge in [-0.1, -0.05) is 12.1 Å². The van der Waals surface area contributed by atoms with Crippen LogP contribution in [0.3, 0.4) is 0 Å². The van der Waals surface area contributed by atoms with Crippen LogP contribution in [0.4, 0.5) is 4.39 Å². The molecule has 3 aromatic rings. The number of rotatable bonds is 3. The van der Waals surface area contributed by atoms with Gasteiger partial charge in [0.2, 0.25) is 0 Å². The minimum Gasteiger partial charge on any atom is -0.345 e. The molecular weight excluding hydrogens is 415 g/mol. The van der Waals surface area contributed by atoms with Crippen molar-refractivity contribution in [1.29, 1.82) is 0 Å². The van der Waals surface area contributed by atoms with Gasteiger partial charge in [0.05, 0.1) is 11.3 Å². The van der Waals surface area contributed by atoms with E-state index in [2.05, 4.69) is 26.8 Å². The van der Waals surface area contributed by atoms with Gasteiger partial charge in [0.1, 0.15) is 11.5 Å². The van der Waals surface area contributed by atoms with Crippen molar-refractivity contribution in [3.05, 3.63) is 75.5 Å². The predicted octanol–water partition coefficient (Wildman–Crippen LogP) is 3.41. The molecule has 27 heavy (non-hydrogen) atoms. The number of benzene rings is 1. The molecule has 0 unspecified atom stereocenters. The van der Waals surface area contributed by atoms with Crippen molar-refractivity contribution in [2.45, 2.75) is 13.8 Å². The number of nitrogens with one attached hydrogen (secondary N) is 2. The SMILES string of the molecule is Cc1cc(C(=O)NNC(=O)c2cc(Br)cn2C)c(C)n1-c1ccccc1F. The van der Waals surface area contributed by atoms with Crippen LogP contribution in [0.2, 0.25) is 0 Å². The molecule has 2 heterocycles. The Hall–Kier alpha value is -2.87. The third-order valence-electron chi connectivity index (χ3n) is 4.26. The standard InChI is InChI=1S/C19H18BrFN4O2/c1-11-8-14(12(2)25(11)16-7-5-4-6-15(16)21)18(26)22-23-19(27)17-9-13(20)10-24(17)3/h4-10H,1-3H3,(H,22,26)(H,23,27). The average molecular weight is 433 g/mol. The van der Waals surface area contributed by atoms with E-state index in [4.69, 9.17) is 0 Å². The number of hydrazine groups is 1. The lowest BCUT2D eigenvalue weighted by Gasteiger charge is -2.11. The summed E-state index contributed by atoms with van der Waals surface area (Å²) in [6.45, 7) is 3.51. The highest BCUT2D eigenvalue weighted by Crippen LogP contribution is 2.22. The Bertz CT molecular complexity index is 1040. The van der Waals surface area contributed by atoms with E-state index in [0.29, 0.717) is 28.3 Å². The second kappa shape index (κ2) is 7.40. The third kappa shape index (κ3) is 3.66. The number of hydrogen-bond donors (Lipinski definition) is 2. The summed E-state index contributed by atoms with van der Waals surface area (Å²) in [6, 6.07) is 9.65. The van der Waals surface area contributed by atoms with Crippen molar-refractivity contribution in [2.24, 2.45) is 7.05 Å². The van der Waals surface area contributed by atoms with Crippen molar-refractivity contribution in [1.82, 2.24) is 20.0 Å². The summed E-state index contributed by atoms with van der Waals surface area (Å²) in [4.78, 5) is 24.7. The lowest BCUT2D eigenvalue weighted by atomic mass is 10.2. The van der Waals surface area contributed by atoms with Gasteiger partial charge >= 0.3 is 0 Å². The number of aromatic nitrogens is 2. The lowest BCUT2D eigenvalue weighted by Crippen LogP contribution is -2.42. The summed E-state index contributed by atoms with van der Waals surface area (Å²) in [7, 11) is 1.73. The second-order valence-corrected chi connectivity index (χ2v) is 7.05. The van der Waals surface area contributed by atoms with Gasteiger partial charge in [-0.15, -0.1) is 0 Å². The fourth-order valence-electron chi connectivity index (χ4n) is 2.99. The summed E-state index contributed by atoms with van der Waals surface area (Å²) < 4.78 is 18.2. The van der Waals surface area contributed by atoms with Crippen molar-refractivity contribution >= 4 is 27.7 Å². The molecule has 3 rings (SSSR count). The number of hydrogen-bond acceptors (Lipinski definition) is 2. The molecule has 2 amide bonds. The van der Waals surface area contributed by atoms with E-state index in [1.165, 1.54) is 6.07 Å². The molecule has 140 valence electrons. The highest BCUT2D eigenvalue weighted by atomic mass is 79.9. The summed E-state index contributed by atoms with van der Waals surface area (Å²) >= 11 is 3.29. The van der Waals surface area contributed by atoms with E-state index in [0.717, 1.165) is 4.47 Å². The zero-order valence-electron chi connectivity index (χ0n) is 15.0. The topological polar surface area (TPSA) is 68.1 Å². The monoisotopic (exact) mass is 432 g/mol. The van der Waals surface area contributed by atoms with Gasteiger partial charge in [0.25, 0.3) is 11.8 Å². The van der Waals surface area contributed by atoms with Gasteiger partial charge in [-0.05, 0) is 54.0 Å². The fraction of sp³-hybridized carbons (Fsp3) is 0.158. The third-order valence-corrected chi connectivity index (χ3v) is 4.70. The number of carbonyl (C=O) groups excluding carboxylic acids is 2. The number of aryl methyl sites for hydroxylation is 2. The van der Waals surface area contributed by atoms with E-state index in [1.807, 2.05) is 0 Å². The summed E-state index contributed by atoms with van der Waals surface area (Å²) in [6.07, 6.45) is 1.73. The quantitative estimate of drug-likeness (QED) is 0.622. The minimum absolute atomic E-state index is 0.351. The first kappa shape index (κ1) is 18.9. The molecule has 2 N–H and O–H groups in total. The van der Waals surface area contributed by atoms with Gasteiger partial charge in [-0.25, -0.2) is 4.39 Å². The van der Waals surface area contributed by atoms with E-state index < -0.39 is 11.8 Å². The highest BCUT2D eigenvalue weighted by molar-refractivity contribution is 9.10. The molecule has 2 aromatic heterocycles. The zero-order valence-corrected chi connectivity index (χ0v) is 16.6. The van der Waals surface area contributed by atoms with Crippen molar-refractivity contribution in [3.63, 3.8) is 0 Å². The van der Waals surface area contributed by atoms with Gasteiger partial charge in [0.15, 0.2) is 0 Å². The van der Waals surface area contributed by atoms with Crippen LogP contribution in [0.15, 0.2) is 47.1 Å². The molecule has 8 heteroatoms. The van der Waals surface area contributed by atoms with Crippen LogP contribution < -0.4 is 10.9 Å². The molecule has 0 aliphatic carbocycles. The Kier molecular flexibility index (Phi) is 5.18. The molecule has 0 spiro atoms. The van der Waals surface area contributed by atoms with Crippen LogP contribution in [0.1, 0.15) is 32.2 Å². The maximum Gasteiger partial charge on any atom is 0.286 e. The Morgan fingerprint density at radius 3 is 2.37 bits per heavy atom. The van der Waals surface area contributed by atoms with Crippen LogP contribution >= 0.6 is 15.9 Å². The number of amides is 2. The van der Waals surface area contributed by atoms with Crippen LogP contribution in [0.25, 0.3) is 5.69 Å². The van der Waals surface area contributed by atoms with Crippen molar-refractivity contribution < 1.29 is 14.0 Å². The summed E-state index contributed by atoms with van der Waals surface area (Å²) in [5.41, 5.74) is 7.19. The first-order valence-electron chi connectivity index (χ1n) is 8.16. The number of carbonyl (C=O) groups is 2. The van der Waals surface area contributed by atoms with Crippen LogP contribution in [0.5, 0.6) is 0 Å². The van der Waals surface area contributed by atoms with Crippen LogP contribution in [-0.2, 0) is 7.05 Å². The molecule has 0 fully saturated rings. The Morgan fingerprint density at radius 2 is 1.74 bits per heavy atom. The molecule has 0 aliphatic rings. The Balaban J connectivity index is 1.80. The molecule has 6 nitrogen and oxygen atoms in total. The molecular formula is C19H18BrFN4O2. The minimum atomic E-state index is -0.479. The van der Waals surface area contributed by atoms with E-state index in [9.17, 15) is 14.0 Å².